The van der Waals surface area contributed by atoms with Gasteiger partial charge in [0.2, 0.25) is 0 Å². The van der Waals surface area contributed by atoms with Crippen molar-refractivity contribution in [3.63, 3.8) is 0 Å². The number of hydrogen-bond acceptors (Lipinski definition) is 3. The van der Waals surface area contributed by atoms with Crippen LogP contribution >= 0.6 is 0 Å². The van der Waals surface area contributed by atoms with E-state index in [0.29, 0.717) is 17.1 Å². The molecule has 0 saturated carbocycles. The van der Waals surface area contributed by atoms with Crippen LogP contribution in [-0.2, 0) is 0 Å². The molecule has 3 nitrogen and oxygen atoms in total. The summed E-state index contributed by atoms with van der Waals surface area (Å²) >= 11 is 0. The third-order valence-corrected chi connectivity index (χ3v) is 2.77. The second-order valence-corrected chi connectivity index (χ2v) is 4.82. The van der Waals surface area contributed by atoms with Crippen LogP contribution in [0, 0.1) is 6.92 Å². The number of hydrogen-bond donors (Lipinski definition) is 0. The van der Waals surface area contributed by atoms with Crippen LogP contribution in [0.25, 0.3) is 0 Å². The monoisotopic (exact) mass is 270 g/mol. The minimum Gasteiger partial charge on any atom is -0.490 e. The summed E-state index contributed by atoms with van der Waals surface area (Å²) in [6, 6.07) is 14.5. The Bertz CT molecular complexity index is 603. The Balaban J connectivity index is 2.23. The number of benzene rings is 2. The van der Waals surface area contributed by atoms with Crippen molar-refractivity contribution in [3.8, 4) is 11.5 Å². The van der Waals surface area contributed by atoms with Gasteiger partial charge in [0.25, 0.3) is 0 Å². The molecule has 104 valence electrons. The van der Waals surface area contributed by atoms with Crippen LogP contribution in [0.15, 0.2) is 48.5 Å². The lowest BCUT2D eigenvalue weighted by molar-refractivity contribution is 0.0727. The maximum Gasteiger partial charge on any atom is 0.347 e. The zero-order chi connectivity index (χ0) is 14.5. The average molecular weight is 270 g/mol. The average Bonchev–Trinajstić information content (AvgIpc) is 2.41. The molecule has 0 aromatic heterocycles. The minimum absolute atomic E-state index is 0.00223. The lowest BCUT2D eigenvalue weighted by Gasteiger charge is -2.14. The SMILES string of the molecule is Cc1ccccc1OC(=O)c1ccccc1OC(C)C. The maximum absolute atomic E-state index is 12.3. The van der Waals surface area contributed by atoms with E-state index in [9.17, 15) is 4.79 Å². The van der Waals surface area contributed by atoms with Gasteiger partial charge in [-0.25, -0.2) is 4.79 Å². The van der Waals surface area contributed by atoms with E-state index in [2.05, 4.69) is 0 Å². The molecule has 0 fully saturated rings. The molecule has 2 aromatic rings. The third-order valence-electron chi connectivity index (χ3n) is 2.77. The molecule has 0 aliphatic heterocycles. The van der Waals surface area contributed by atoms with Crippen LogP contribution in [0.2, 0.25) is 0 Å². The standard InChI is InChI=1S/C17H18O3/c1-12(2)19-16-11-7-5-9-14(16)17(18)20-15-10-6-4-8-13(15)3/h4-12H,1-3H3. The Labute approximate surface area is 119 Å². The fraction of sp³-hybridized carbons (Fsp3) is 0.235. The van der Waals surface area contributed by atoms with E-state index in [1.165, 1.54) is 0 Å². The first kappa shape index (κ1) is 14.1. The number of ether oxygens (including phenoxy) is 2. The number of aryl methyl sites for hydroxylation is 1. The first-order valence-corrected chi connectivity index (χ1v) is 6.61. The van der Waals surface area contributed by atoms with Gasteiger partial charge < -0.3 is 9.47 Å². The summed E-state index contributed by atoms with van der Waals surface area (Å²) in [4.78, 5) is 12.3. The highest BCUT2D eigenvalue weighted by molar-refractivity contribution is 5.94. The second kappa shape index (κ2) is 6.24. The van der Waals surface area contributed by atoms with Gasteiger partial charge in [0, 0.05) is 0 Å². The van der Waals surface area contributed by atoms with Crippen molar-refractivity contribution >= 4 is 5.97 Å². The summed E-state index contributed by atoms with van der Waals surface area (Å²) in [6.07, 6.45) is 0.00223. The number of carbonyl (C=O) groups excluding carboxylic acids is 1. The van der Waals surface area contributed by atoms with Gasteiger partial charge in [0.05, 0.1) is 6.10 Å². The lowest BCUT2D eigenvalue weighted by Crippen LogP contribution is -2.14. The Kier molecular flexibility index (Phi) is 4.41. The smallest absolute Gasteiger partial charge is 0.347 e. The second-order valence-electron chi connectivity index (χ2n) is 4.82. The number of esters is 1. The van der Waals surface area contributed by atoms with Gasteiger partial charge in [-0.1, -0.05) is 30.3 Å². The molecule has 0 amide bonds. The minimum atomic E-state index is -0.407. The summed E-state index contributed by atoms with van der Waals surface area (Å²) < 4.78 is 11.1. The van der Waals surface area contributed by atoms with Crippen molar-refractivity contribution in [1.29, 1.82) is 0 Å². The summed E-state index contributed by atoms with van der Waals surface area (Å²) in [6.45, 7) is 5.74. The molecule has 20 heavy (non-hydrogen) atoms. The molecule has 0 heterocycles. The van der Waals surface area contributed by atoms with Crippen LogP contribution in [0.3, 0.4) is 0 Å². The predicted molar refractivity (Wildman–Crippen MR) is 78.3 cm³/mol. The van der Waals surface area contributed by atoms with E-state index in [1.807, 2.05) is 45.0 Å². The Morgan fingerprint density at radius 3 is 2.20 bits per heavy atom. The van der Waals surface area contributed by atoms with Crippen molar-refractivity contribution < 1.29 is 14.3 Å². The highest BCUT2D eigenvalue weighted by Crippen LogP contribution is 2.23. The van der Waals surface area contributed by atoms with Crippen molar-refractivity contribution in [1.82, 2.24) is 0 Å². The van der Waals surface area contributed by atoms with Crippen LogP contribution in [-0.4, -0.2) is 12.1 Å². The molecule has 0 radical (unpaired) electrons. The van der Waals surface area contributed by atoms with Gasteiger partial charge in [-0.05, 0) is 44.5 Å². The first-order valence-electron chi connectivity index (χ1n) is 6.61. The lowest BCUT2D eigenvalue weighted by atomic mass is 10.2. The first-order chi connectivity index (χ1) is 9.58. The number of rotatable bonds is 4. The van der Waals surface area contributed by atoms with E-state index in [1.54, 1.807) is 24.3 Å². The summed E-state index contributed by atoms with van der Waals surface area (Å²) in [5, 5.41) is 0. The van der Waals surface area contributed by atoms with Crippen LogP contribution < -0.4 is 9.47 Å². The highest BCUT2D eigenvalue weighted by atomic mass is 16.5. The highest BCUT2D eigenvalue weighted by Gasteiger charge is 2.15. The Hall–Kier alpha value is -2.29. The molecule has 0 aliphatic rings. The van der Waals surface area contributed by atoms with Gasteiger partial charge in [0.1, 0.15) is 17.1 Å². The van der Waals surface area contributed by atoms with Gasteiger partial charge in [-0.3, -0.25) is 0 Å². The van der Waals surface area contributed by atoms with Crippen molar-refractivity contribution in [2.24, 2.45) is 0 Å². The molecule has 0 unspecified atom stereocenters. The maximum atomic E-state index is 12.3. The van der Waals surface area contributed by atoms with Crippen molar-refractivity contribution in [3.05, 3.63) is 59.7 Å². The largest absolute Gasteiger partial charge is 0.490 e. The molecule has 0 spiro atoms. The molecule has 3 heteroatoms. The fourth-order valence-corrected chi connectivity index (χ4v) is 1.82. The van der Waals surface area contributed by atoms with Crippen LogP contribution in [0.5, 0.6) is 11.5 Å². The van der Waals surface area contributed by atoms with Gasteiger partial charge in [-0.15, -0.1) is 0 Å². The van der Waals surface area contributed by atoms with E-state index in [4.69, 9.17) is 9.47 Å². The van der Waals surface area contributed by atoms with E-state index >= 15 is 0 Å². The van der Waals surface area contributed by atoms with Gasteiger partial charge in [0.15, 0.2) is 0 Å². The van der Waals surface area contributed by atoms with Crippen molar-refractivity contribution in [2.75, 3.05) is 0 Å². The molecule has 0 N–H and O–H groups in total. The number of para-hydroxylation sites is 2. The molecule has 0 saturated heterocycles. The van der Waals surface area contributed by atoms with E-state index in [-0.39, 0.29) is 6.10 Å². The summed E-state index contributed by atoms with van der Waals surface area (Å²) in [7, 11) is 0. The third kappa shape index (κ3) is 3.38. The molecular formula is C17H18O3. The predicted octanol–water partition coefficient (Wildman–Crippen LogP) is 4.00. The fourth-order valence-electron chi connectivity index (χ4n) is 1.82. The summed E-state index contributed by atoms with van der Waals surface area (Å²) in [5.41, 5.74) is 1.35. The van der Waals surface area contributed by atoms with Crippen LogP contribution in [0.1, 0.15) is 29.8 Å². The van der Waals surface area contributed by atoms with Gasteiger partial charge in [-0.2, -0.15) is 0 Å². The Morgan fingerprint density at radius 2 is 1.55 bits per heavy atom. The molecule has 0 aliphatic carbocycles. The normalized spacial score (nSPS) is 10.4. The molecule has 0 atom stereocenters. The molecule has 2 aromatic carbocycles. The quantitative estimate of drug-likeness (QED) is 0.622. The zero-order valence-corrected chi connectivity index (χ0v) is 11.9. The Morgan fingerprint density at radius 1 is 0.950 bits per heavy atom. The summed E-state index contributed by atoms with van der Waals surface area (Å²) in [5.74, 6) is 0.702. The molecular weight excluding hydrogens is 252 g/mol. The topological polar surface area (TPSA) is 35.5 Å². The molecule has 0 bridgehead atoms. The zero-order valence-electron chi connectivity index (χ0n) is 11.9. The van der Waals surface area contributed by atoms with E-state index < -0.39 is 5.97 Å². The van der Waals surface area contributed by atoms with Crippen molar-refractivity contribution in [2.45, 2.75) is 26.9 Å². The van der Waals surface area contributed by atoms with E-state index in [0.717, 1.165) is 5.56 Å². The molecule has 2 rings (SSSR count). The van der Waals surface area contributed by atoms with Crippen LogP contribution in [0.4, 0.5) is 0 Å². The van der Waals surface area contributed by atoms with Gasteiger partial charge >= 0.3 is 5.97 Å². The number of carbonyl (C=O) groups is 1.